The van der Waals surface area contributed by atoms with Crippen molar-refractivity contribution in [2.45, 2.75) is 19.2 Å². The fourth-order valence-corrected chi connectivity index (χ4v) is 2.84. The molecule has 0 bridgehead atoms. The Morgan fingerprint density at radius 2 is 1.93 bits per heavy atom. The van der Waals surface area contributed by atoms with Gasteiger partial charge in [-0.3, -0.25) is 4.79 Å². The van der Waals surface area contributed by atoms with Gasteiger partial charge in [0.05, 0.1) is 30.3 Å². The molecule has 0 unspecified atom stereocenters. The molecule has 5 nitrogen and oxygen atoms in total. The van der Waals surface area contributed by atoms with Crippen LogP contribution in [0.4, 0.5) is 18.9 Å². The summed E-state index contributed by atoms with van der Waals surface area (Å²) >= 11 is 6.18. The minimum absolute atomic E-state index is 0.0831. The number of fused-ring (bicyclic) bond motifs is 1. The molecule has 1 amide bonds. The van der Waals surface area contributed by atoms with Gasteiger partial charge in [-0.2, -0.15) is 0 Å². The highest BCUT2D eigenvalue weighted by Crippen LogP contribution is 2.38. The SMILES string of the molecule is O=C(Cc1cc(Cl)c2c(c1)OCCCO2)Nc1ccccc1OC(F)(F)F. The van der Waals surface area contributed by atoms with Crippen LogP contribution in [-0.2, 0) is 11.2 Å². The Kier molecular flexibility index (Phi) is 5.65. The van der Waals surface area contributed by atoms with Crippen LogP contribution in [0, 0.1) is 0 Å². The van der Waals surface area contributed by atoms with Crippen molar-refractivity contribution in [3.05, 3.63) is 47.0 Å². The number of rotatable bonds is 4. The van der Waals surface area contributed by atoms with Gasteiger partial charge in [-0.25, -0.2) is 0 Å². The van der Waals surface area contributed by atoms with Crippen molar-refractivity contribution in [2.24, 2.45) is 0 Å². The molecule has 0 saturated carbocycles. The molecular weight excluding hydrogens is 387 g/mol. The number of benzene rings is 2. The molecule has 2 aromatic rings. The van der Waals surface area contributed by atoms with Gasteiger partial charge in [-0.05, 0) is 29.8 Å². The fraction of sp³-hybridized carbons (Fsp3) is 0.278. The third kappa shape index (κ3) is 5.19. The van der Waals surface area contributed by atoms with Gasteiger partial charge in [0.25, 0.3) is 0 Å². The number of amides is 1. The van der Waals surface area contributed by atoms with Crippen molar-refractivity contribution < 1.29 is 32.2 Å². The van der Waals surface area contributed by atoms with Crippen LogP contribution < -0.4 is 19.5 Å². The second-order valence-electron chi connectivity index (χ2n) is 5.72. The first-order valence-corrected chi connectivity index (χ1v) is 8.42. The van der Waals surface area contributed by atoms with Crippen molar-refractivity contribution in [1.29, 1.82) is 0 Å². The lowest BCUT2D eigenvalue weighted by molar-refractivity contribution is -0.274. The van der Waals surface area contributed by atoms with E-state index in [-0.39, 0.29) is 12.1 Å². The molecule has 1 heterocycles. The Morgan fingerprint density at radius 3 is 2.70 bits per heavy atom. The molecule has 27 heavy (non-hydrogen) atoms. The van der Waals surface area contributed by atoms with E-state index >= 15 is 0 Å². The maximum Gasteiger partial charge on any atom is 0.573 e. The Morgan fingerprint density at radius 1 is 1.19 bits per heavy atom. The van der Waals surface area contributed by atoms with Crippen LogP contribution in [0.3, 0.4) is 0 Å². The number of anilines is 1. The lowest BCUT2D eigenvalue weighted by Crippen LogP contribution is -2.20. The number of ether oxygens (including phenoxy) is 3. The average molecular weight is 402 g/mol. The zero-order chi connectivity index (χ0) is 19.4. The molecule has 0 aliphatic carbocycles. The minimum atomic E-state index is -4.86. The smallest absolute Gasteiger partial charge is 0.489 e. The number of halogens is 4. The average Bonchev–Trinajstić information content (AvgIpc) is 2.81. The van der Waals surface area contributed by atoms with E-state index in [2.05, 4.69) is 10.1 Å². The number of nitrogens with one attached hydrogen (secondary N) is 1. The third-order valence-electron chi connectivity index (χ3n) is 3.61. The maximum absolute atomic E-state index is 12.5. The summed E-state index contributed by atoms with van der Waals surface area (Å²) < 4.78 is 52.4. The Hall–Kier alpha value is -2.61. The first-order chi connectivity index (χ1) is 12.8. The summed E-state index contributed by atoms with van der Waals surface area (Å²) in [6.45, 7) is 0.934. The predicted molar refractivity (Wildman–Crippen MR) is 92.5 cm³/mol. The topological polar surface area (TPSA) is 56.8 Å². The minimum Gasteiger partial charge on any atom is -0.489 e. The van der Waals surface area contributed by atoms with Gasteiger partial charge >= 0.3 is 6.36 Å². The maximum atomic E-state index is 12.5. The lowest BCUT2D eigenvalue weighted by Gasteiger charge is -2.14. The molecule has 1 aliphatic rings. The van der Waals surface area contributed by atoms with E-state index in [1.165, 1.54) is 18.2 Å². The largest absolute Gasteiger partial charge is 0.573 e. The Labute approximate surface area is 158 Å². The monoisotopic (exact) mass is 401 g/mol. The molecular formula is C18H15ClF3NO4. The molecule has 2 aromatic carbocycles. The molecule has 0 atom stereocenters. The van der Waals surface area contributed by atoms with Crippen LogP contribution in [0.15, 0.2) is 36.4 Å². The Bertz CT molecular complexity index is 842. The summed E-state index contributed by atoms with van der Waals surface area (Å²) in [5, 5.41) is 2.72. The summed E-state index contributed by atoms with van der Waals surface area (Å²) in [5.74, 6) is -0.167. The van der Waals surface area contributed by atoms with Gasteiger partial charge < -0.3 is 19.5 Å². The van der Waals surface area contributed by atoms with E-state index in [1.807, 2.05) is 0 Å². The first-order valence-electron chi connectivity index (χ1n) is 8.04. The van der Waals surface area contributed by atoms with Gasteiger partial charge in [0, 0.05) is 6.42 Å². The van der Waals surface area contributed by atoms with Crippen LogP contribution in [0.1, 0.15) is 12.0 Å². The summed E-state index contributed by atoms with van der Waals surface area (Å²) in [7, 11) is 0. The summed E-state index contributed by atoms with van der Waals surface area (Å²) in [6, 6.07) is 8.49. The molecule has 1 N–H and O–H groups in total. The van der Waals surface area contributed by atoms with E-state index < -0.39 is 18.0 Å². The van der Waals surface area contributed by atoms with E-state index in [0.717, 1.165) is 6.07 Å². The van der Waals surface area contributed by atoms with Gasteiger partial charge in [0.2, 0.25) is 5.91 Å². The van der Waals surface area contributed by atoms with Gasteiger partial charge in [-0.15, -0.1) is 13.2 Å². The highest BCUT2D eigenvalue weighted by atomic mass is 35.5. The number of carbonyl (C=O) groups is 1. The molecule has 3 rings (SSSR count). The van der Waals surface area contributed by atoms with Crippen LogP contribution >= 0.6 is 11.6 Å². The van der Waals surface area contributed by atoms with E-state index in [9.17, 15) is 18.0 Å². The van der Waals surface area contributed by atoms with E-state index in [0.29, 0.717) is 41.7 Å². The molecule has 0 aromatic heterocycles. The van der Waals surface area contributed by atoms with Crippen LogP contribution in [-0.4, -0.2) is 25.5 Å². The molecule has 9 heteroatoms. The quantitative estimate of drug-likeness (QED) is 0.814. The lowest BCUT2D eigenvalue weighted by atomic mass is 10.1. The summed E-state index contributed by atoms with van der Waals surface area (Å²) in [5.41, 5.74) is 0.455. The normalized spacial score (nSPS) is 13.6. The number of hydrogen-bond acceptors (Lipinski definition) is 4. The second kappa shape index (κ2) is 7.96. The second-order valence-corrected chi connectivity index (χ2v) is 6.13. The highest BCUT2D eigenvalue weighted by molar-refractivity contribution is 6.32. The number of carbonyl (C=O) groups excluding carboxylic acids is 1. The molecule has 0 radical (unpaired) electrons. The number of hydrogen-bond donors (Lipinski definition) is 1. The van der Waals surface area contributed by atoms with Crippen molar-refractivity contribution in [1.82, 2.24) is 0 Å². The van der Waals surface area contributed by atoms with Crippen molar-refractivity contribution in [2.75, 3.05) is 18.5 Å². The molecule has 0 spiro atoms. The standard InChI is InChI=1S/C18H15ClF3NO4/c19-12-8-11(9-15-17(12)26-7-3-6-25-15)10-16(24)23-13-4-1-2-5-14(13)27-18(20,21)22/h1-2,4-5,8-9H,3,6-7,10H2,(H,23,24). The van der Waals surface area contributed by atoms with Crippen molar-refractivity contribution in [3.63, 3.8) is 0 Å². The van der Waals surface area contributed by atoms with E-state index in [4.69, 9.17) is 21.1 Å². The van der Waals surface area contributed by atoms with Crippen molar-refractivity contribution in [3.8, 4) is 17.2 Å². The van der Waals surface area contributed by atoms with Gasteiger partial charge in [0.1, 0.15) is 0 Å². The molecule has 1 aliphatic heterocycles. The summed E-state index contributed by atoms with van der Waals surface area (Å²) in [6.07, 6.45) is -4.27. The van der Waals surface area contributed by atoms with Crippen LogP contribution in [0.25, 0.3) is 0 Å². The molecule has 0 fully saturated rings. The zero-order valence-corrected chi connectivity index (χ0v) is 14.7. The van der Waals surface area contributed by atoms with Gasteiger partial charge in [-0.1, -0.05) is 23.7 Å². The summed E-state index contributed by atoms with van der Waals surface area (Å²) in [4.78, 5) is 12.3. The Balaban J connectivity index is 1.74. The fourth-order valence-electron chi connectivity index (χ4n) is 2.55. The number of alkyl halides is 3. The molecule has 0 saturated heterocycles. The predicted octanol–water partition coefficient (Wildman–Crippen LogP) is 4.58. The van der Waals surface area contributed by atoms with Crippen molar-refractivity contribution >= 4 is 23.2 Å². The van der Waals surface area contributed by atoms with Crippen LogP contribution in [0.5, 0.6) is 17.2 Å². The third-order valence-corrected chi connectivity index (χ3v) is 3.89. The van der Waals surface area contributed by atoms with Gasteiger partial charge in [0.15, 0.2) is 17.2 Å². The number of para-hydroxylation sites is 2. The highest BCUT2D eigenvalue weighted by Gasteiger charge is 2.32. The zero-order valence-electron chi connectivity index (χ0n) is 13.9. The first kappa shape index (κ1) is 19.2. The molecule has 144 valence electrons. The van der Waals surface area contributed by atoms with E-state index in [1.54, 1.807) is 12.1 Å². The van der Waals surface area contributed by atoms with Crippen LogP contribution in [0.2, 0.25) is 5.02 Å².